The zero-order valence-electron chi connectivity index (χ0n) is 15.1. The first kappa shape index (κ1) is 19.0. The van der Waals surface area contributed by atoms with Gasteiger partial charge < -0.3 is 24.5 Å². The molecule has 2 heterocycles. The number of nitrogens with one attached hydrogen (secondary N) is 1. The second-order valence-corrected chi connectivity index (χ2v) is 6.52. The van der Waals surface area contributed by atoms with Crippen molar-refractivity contribution in [2.24, 2.45) is 0 Å². The van der Waals surface area contributed by atoms with Gasteiger partial charge in [0.1, 0.15) is 5.75 Å². The highest BCUT2D eigenvalue weighted by Gasteiger charge is 2.23. The molecular formula is C20H24N2O5. The Bertz CT molecular complexity index is 753. The molecule has 2 amide bonds. The van der Waals surface area contributed by atoms with Gasteiger partial charge in [-0.05, 0) is 31.0 Å². The molecule has 1 aromatic heterocycles. The predicted octanol–water partition coefficient (Wildman–Crippen LogP) is 2.31. The number of carbonyl (C=O) groups excluding carboxylic acids is 2. The number of rotatable bonds is 8. The number of carbonyl (C=O) groups is 2. The normalized spacial score (nSPS) is 16.2. The number of phenolic OH excluding ortho intramolecular Hbond substituents is 1. The highest BCUT2D eigenvalue weighted by Crippen LogP contribution is 2.20. The fourth-order valence-corrected chi connectivity index (χ4v) is 3.07. The molecule has 0 spiro atoms. The number of hydrogen-bond acceptors (Lipinski definition) is 5. The van der Waals surface area contributed by atoms with Crippen molar-refractivity contribution in [3.05, 3.63) is 54.0 Å². The highest BCUT2D eigenvalue weighted by atomic mass is 16.5. The average molecular weight is 372 g/mol. The van der Waals surface area contributed by atoms with E-state index in [0.29, 0.717) is 25.3 Å². The molecule has 3 rings (SSSR count). The summed E-state index contributed by atoms with van der Waals surface area (Å²) in [4.78, 5) is 26.3. The van der Waals surface area contributed by atoms with Crippen LogP contribution in [0.2, 0.25) is 0 Å². The monoisotopic (exact) mass is 372 g/mol. The number of benzene rings is 1. The van der Waals surface area contributed by atoms with Gasteiger partial charge in [-0.2, -0.15) is 0 Å². The Morgan fingerprint density at radius 2 is 2.07 bits per heavy atom. The van der Waals surface area contributed by atoms with Gasteiger partial charge in [-0.3, -0.25) is 9.59 Å². The van der Waals surface area contributed by atoms with Crippen molar-refractivity contribution < 1.29 is 23.8 Å². The molecule has 0 aliphatic carbocycles. The zero-order chi connectivity index (χ0) is 19.1. The molecule has 0 bridgehead atoms. The van der Waals surface area contributed by atoms with Crippen molar-refractivity contribution in [3.8, 4) is 5.75 Å². The molecule has 1 aliphatic rings. The van der Waals surface area contributed by atoms with Crippen LogP contribution in [0.15, 0.2) is 47.1 Å². The summed E-state index contributed by atoms with van der Waals surface area (Å²) in [6, 6.07) is 10.2. The molecule has 1 aromatic carbocycles. The van der Waals surface area contributed by atoms with Crippen molar-refractivity contribution in [1.29, 1.82) is 0 Å². The van der Waals surface area contributed by atoms with Crippen molar-refractivity contribution >= 4 is 11.8 Å². The van der Waals surface area contributed by atoms with Crippen molar-refractivity contribution in [2.75, 3.05) is 19.7 Å². The van der Waals surface area contributed by atoms with Gasteiger partial charge in [0.25, 0.3) is 5.91 Å². The standard InChI is InChI=1S/C20H24N2O5/c23-17-7-2-1-5-15(17)13-22(14-16-6-3-11-26-16)19(24)9-10-21-20(25)18-8-4-12-27-18/h1-2,4-5,7-8,12,16,23H,3,6,9-11,13-14H2,(H,21,25). The van der Waals surface area contributed by atoms with Gasteiger partial charge >= 0.3 is 0 Å². The summed E-state index contributed by atoms with van der Waals surface area (Å²) in [7, 11) is 0. The molecule has 2 aromatic rings. The molecule has 1 unspecified atom stereocenters. The Morgan fingerprint density at radius 1 is 1.22 bits per heavy atom. The van der Waals surface area contributed by atoms with Crippen LogP contribution in [0.3, 0.4) is 0 Å². The van der Waals surface area contributed by atoms with Crippen LogP contribution < -0.4 is 5.32 Å². The molecule has 7 nitrogen and oxygen atoms in total. The third kappa shape index (κ3) is 5.34. The molecular weight excluding hydrogens is 348 g/mol. The number of aromatic hydroxyl groups is 1. The molecule has 144 valence electrons. The molecule has 27 heavy (non-hydrogen) atoms. The Labute approximate surface area is 157 Å². The predicted molar refractivity (Wildman–Crippen MR) is 98.2 cm³/mol. The number of amides is 2. The van der Waals surface area contributed by atoms with Crippen LogP contribution in [0.1, 0.15) is 35.4 Å². The topological polar surface area (TPSA) is 92.0 Å². The fraction of sp³-hybridized carbons (Fsp3) is 0.400. The zero-order valence-corrected chi connectivity index (χ0v) is 15.1. The third-order valence-electron chi connectivity index (χ3n) is 4.52. The number of phenols is 1. The van der Waals surface area contributed by atoms with Gasteiger partial charge in [0.15, 0.2) is 5.76 Å². The Hall–Kier alpha value is -2.80. The van der Waals surface area contributed by atoms with Gasteiger partial charge in [-0.25, -0.2) is 0 Å². The van der Waals surface area contributed by atoms with Crippen LogP contribution in [0.25, 0.3) is 0 Å². The highest BCUT2D eigenvalue weighted by molar-refractivity contribution is 5.91. The van der Waals surface area contributed by atoms with E-state index < -0.39 is 0 Å². The fourth-order valence-electron chi connectivity index (χ4n) is 3.07. The minimum atomic E-state index is -0.348. The van der Waals surface area contributed by atoms with E-state index >= 15 is 0 Å². The van der Waals surface area contributed by atoms with E-state index in [2.05, 4.69) is 5.32 Å². The molecule has 2 N–H and O–H groups in total. The number of ether oxygens (including phenoxy) is 1. The summed E-state index contributed by atoms with van der Waals surface area (Å²) >= 11 is 0. The maximum absolute atomic E-state index is 12.7. The van der Waals surface area contributed by atoms with Crippen LogP contribution in [0, 0.1) is 0 Å². The SMILES string of the molecule is O=C(NCCC(=O)N(Cc1ccccc1O)CC1CCCO1)c1ccco1. The van der Waals surface area contributed by atoms with Crippen LogP contribution in [0.4, 0.5) is 0 Å². The quantitative estimate of drug-likeness (QED) is 0.742. The first-order valence-corrected chi connectivity index (χ1v) is 9.11. The van der Waals surface area contributed by atoms with E-state index in [9.17, 15) is 14.7 Å². The minimum absolute atomic E-state index is 0.0116. The smallest absolute Gasteiger partial charge is 0.286 e. The molecule has 1 saturated heterocycles. The van der Waals surface area contributed by atoms with Crippen LogP contribution in [-0.2, 0) is 16.1 Å². The Balaban J connectivity index is 1.57. The molecule has 1 atom stereocenters. The lowest BCUT2D eigenvalue weighted by molar-refractivity contribution is -0.133. The van der Waals surface area contributed by atoms with Gasteiger partial charge in [-0.1, -0.05) is 18.2 Å². The maximum Gasteiger partial charge on any atom is 0.286 e. The first-order chi connectivity index (χ1) is 13.1. The van der Waals surface area contributed by atoms with Crippen LogP contribution >= 0.6 is 0 Å². The molecule has 1 fully saturated rings. The van der Waals surface area contributed by atoms with Gasteiger partial charge in [0.05, 0.1) is 12.4 Å². The van der Waals surface area contributed by atoms with E-state index in [1.807, 2.05) is 6.07 Å². The van der Waals surface area contributed by atoms with E-state index in [4.69, 9.17) is 9.15 Å². The van der Waals surface area contributed by atoms with E-state index in [0.717, 1.165) is 12.8 Å². The van der Waals surface area contributed by atoms with Crippen LogP contribution in [-0.4, -0.2) is 47.6 Å². The Kier molecular flexibility index (Phi) is 6.49. The summed E-state index contributed by atoms with van der Waals surface area (Å²) in [5.74, 6) is -0.0747. The van der Waals surface area contributed by atoms with Crippen molar-refractivity contribution in [2.45, 2.75) is 31.9 Å². The number of furan rings is 1. The first-order valence-electron chi connectivity index (χ1n) is 9.11. The number of para-hydroxylation sites is 1. The lowest BCUT2D eigenvalue weighted by atomic mass is 10.1. The third-order valence-corrected chi connectivity index (χ3v) is 4.52. The maximum atomic E-state index is 12.7. The summed E-state index contributed by atoms with van der Waals surface area (Å²) in [6.07, 6.45) is 3.50. The average Bonchev–Trinajstić information content (AvgIpc) is 3.36. The largest absolute Gasteiger partial charge is 0.508 e. The molecule has 0 saturated carbocycles. The number of hydrogen-bond donors (Lipinski definition) is 2. The lowest BCUT2D eigenvalue weighted by Gasteiger charge is -2.26. The summed E-state index contributed by atoms with van der Waals surface area (Å²) in [6.45, 7) is 1.69. The van der Waals surface area contributed by atoms with Crippen molar-refractivity contribution in [1.82, 2.24) is 10.2 Å². The van der Waals surface area contributed by atoms with Gasteiger partial charge in [0.2, 0.25) is 5.91 Å². The summed E-state index contributed by atoms with van der Waals surface area (Å²) < 4.78 is 10.7. The lowest BCUT2D eigenvalue weighted by Crippen LogP contribution is -2.38. The second kappa shape index (κ2) is 9.23. The summed E-state index contributed by atoms with van der Waals surface area (Å²) in [5.41, 5.74) is 0.684. The van der Waals surface area contributed by atoms with Crippen LogP contribution in [0.5, 0.6) is 5.75 Å². The van der Waals surface area contributed by atoms with Crippen molar-refractivity contribution in [3.63, 3.8) is 0 Å². The minimum Gasteiger partial charge on any atom is -0.508 e. The van der Waals surface area contributed by atoms with E-state index in [1.54, 1.807) is 35.2 Å². The molecule has 0 radical (unpaired) electrons. The molecule has 1 aliphatic heterocycles. The second-order valence-electron chi connectivity index (χ2n) is 6.52. The molecule has 7 heteroatoms. The van der Waals surface area contributed by atoms with Gasteiger partial charge in [-0.15, -0.1) is 0 Å². The number of nitrogens with zero attached hydrogens (tertiary/aromatic N) is 1. The Morgan fingerprint density at radius 3 is 2.78 bits per heavy atom. The van der Waals surface area contributed by atoms with Gasteiger partial charge in [0, 0.05) is 38.2 Å². The summed E-state index contributed by atoms with van der Waals surface area (Å²) in [5, 5.41) is 12.7. The van der Waals surface area contributed by atoms with E-state index in [-0.39, 0.29) is 42.4 Å². The van der Waals surface area contributed by atoms with E-state index in [1.165, 1.54) is 6.26 Å².